The molecule has 0 aromatic rings. The summed E-state index contributed by atoms with van der Waals surface area (Å²) in [6.45, 7) is 15.1. The Morgan fingerprint density at radius 2 is 2.06 bits per heavy atom. The van der Waals surface area contributed by atoms with Gasteiger partial charge < -0.3 is 10.1 Å². The van der Waals surface area contributed by atoms with Crippen LogP contribution in [0.25, 0.3) is 0 Å². The molecule has 0 aromatic carbocycles. The van der Waals surface area contributed by atoms with Gasteiger partial charge in [-0.25, -0.2) is 0 Å². The zero-order valence-corrected chi connectivity index (χ0v) is 22.5. The summed E-state index contributed by atoms with van der Waals surface area (Å²) in [5.74, 6) is 1.47. The van der Waals surface area contributed by atoms with Crippen LogP contribution in [0.2, 0.25) is 0 Å². The fourth-order valence-corrected chi connectivity index (χ4v) is 9.76. The second-order valence-corrected chi connectivity index (χ2v) is 13.7. The first kappa shape index (κ1) is 23.7. The van der Waals surface area contributed by atoms with E-state index < -0.39 is 0 Å². The molecule has 190 valence electrons. The van der Waals surface area contributed by atoms with Gasteiger partial charge in [-0.15, -0.1) is 0 Å². The van der Waals surface area contributed by atoms with Crippen molar-refractivity contribution in [3.63, 3.8) is 0 Å². The minimum atomic E-state index is -0.0448. The van der Waals surface area contributed by atoms with E-state index in [0.717, 1.165) is 31.7 Å². The average molecular weight is 468 g/mol. The van der Waals surface area contributed by atoms with Crippen LogP contribution in [0, 0.1) is 17.3 Å². The Morgan fingerprint density at radius 1 is 1.24 bits per heavy atom. The molecule has 8 unspecified atom stereocenters. The minimum Gasteiger partial charge on any atom is -0.368 e. The van der Waals surface area contributed by atoms with Gasteiger partial charge in [0.25, 0.3) is 0 Å². The molecule has 6 aliphatic rings. The topological polar surface area (TPSA) is 55.2 Å². The number of piperidine rings is 2. The van der Waals surface area contributed by atoms with E-state index in [-0.39, 0.29) is 22.9 Å². The quantitative estimate of drug-likeness (QED) is 0.364. The van der Waals surface area contributed by atoms with Crippen molar-refractivity contribution in [2.45, 2.75) is 133 Å². The average Bonchev–Trinajstić information content (AvgIpc) is 3.22. The summed E-state index contributed by atoms with van der Waals surface area (Å²) in [4.78, 5) is 0. The van der Waals surface area contributed by atoms with Gasteiger partial charge in [-0.2, -0.15) is 0 Å². The number of hydrogen-bond acceptors (Lipinski definition) is 4. The summed E-state index contributed by atoms with van der Waals surface area (Å²) in [7, 11) is 2.13. The van der Waals surface area contributed by atoms with Crippen LogP contribution < -0.4 is 16.0 Å². The number of nitrogens with one attached hydrogen (secondary N) is 3. The molecule has 6 rings (SSSR count). The van der Waals surface area contributed by atoms with Gasteiger partial charge in [-0.1, -0.05) is 44.9 Å². The van der Waals surface area contributed by atoms with Crippen LogP contribution in [-0.2, 0) is 4.74 Å². The van der Waals surface area contributed by atoms with Gasteiger partial charge in [-0.05, 0) is 108 Å². The maximum Gasteiger partial charge on any atom is 0.0982 e. The van der Waals surface area contributed by atoms with Gasteiger partial charge in [-0.3, -0.25) is 10.6 Å². The van der Waals surface area contributed by atoms with Gasteiger partial charge in [0.2, 0.25) is 0 Å². The lowest BCUT2D eigenvalue weighted by atomic mass is 9.59. The van der Waals surface area contributed by atoms with Gasteiger partial charge in [0, 0.05) is 12.0 Å². The lowest BCUT2D eigenvalue weighted by molar-refractivity contribution is -0.0708. The highest BCUT2D eigenvalue weighted by Gasteiger charge is 2.79. The van der Waals surface area contributed by atoms with E-state index in [9.17, 15) is 0 Å². The maximum absolute atomic E-state index is 7.09. The number of fused-ring (bicyclic) bond motifs is 1. The second kappa shape index (κ2) is 7.66. The highest BCUT2D eigenvalue weighted by Crippen LogP contribution is 2.72. The predicted molar refractivity (Wildman–Crippen MR) is 140 cm³/mol. The van der Waals surface area contributed by atoms with E-state index >= 15 is 0 Å². The summed E-state index contributed by atoms with van der Waals surface area (Å²) in [5, 5.41) is 11.8. The van der Waals surface area contributed by atoms with Gasteiger partial charge in [0.1, 0.15) is 0 Å². The third-order valence-electron chi connectivity index (χ3n) is 11.8. The van der Waals surface area contributed by atoms with E-state index in [2.05, 4.69) is 57.3 Å². The van der Waals surface area contributed by atoms with Crippen molar-refractivity contribution in [1.29, 1.82) is 0 Å². The summed E-state index contributed by atoms with van der Waals surface area (Å²) in [6.07, 6.45) is 15.2. The molecule has 4 nitrogen and oxygen atoms in total. The first-order chi connectivity index (χ1) is 16.2. The Labute approximate surface area is 208 Å². The van der Waals surface area contributed by atoms with Crippen LogP contribution in [0.3, 0.4) is 0 Å². The molecule has 2 saturated carbocycles. The number of ether oxygens (including phenoxy) is 1. The SMILES string of the molecule is C=C(CC)CCC1(C)CCCC23NC24CCC2(CC(C)=C4CC13)CC1(NC)NCC(C)CC1O2. The Balaban J connectivity index is 1.28. The van der Waals surface area contributed by atoms with Crippen molar-refractivity contribution in [2.24, 2.45) is 17.3 Å². The lowest BCUT2D eigenvalue weighted by Crippen LogP contribution is -2.65. The molecule has 8 atom stereocenters. The zero-order valence-electron chi connectivity index (χ0n) is 22.5. The third kappa shape index (κ3) is 3.10. The molecule has 3 N–H and O–H groups in total. The lowest BCUT2D eigenvalue weighted by Gasteiger charge is -2.45. The van der Waals surface area contributed by atoms with Crippen LogP contribution in [-0.4, -0.2) is 42.0 Å². The first-order valence-corrected chi connectivity index (χ1v) is 14.4. The molecule has 3 aliphatic heterocycles. The Kier molecular flexibility index (Phi) is 5.34. The molecule has 0 radical (unpaired) electrons. The molecule has 0 aromatic heterocycles. The molecular formula is C30H49N3O. The smallest absolute Gasteiger partial charge is 0.0982 e. The molecule has 3 aliphatic carbocycles. The molecule has 0 bridgehead atoms. The summed E-state index contributed by atoms with van der Waals surface area (Å²) >= 11 is 0. The second-order valence-electron chi connectivity index (χ2n) is 13.7. The van der Waals surface area contributed by atoms with Crippen molar-refractivity contribution in [3.05, 3.63) is 23.3 Å². The summed E-state index contributed by atoms with van der Waals surface area (Å²) < 4.78 is 7.09. The zero-order chi connectivity index (χ0) is 24.0. The summed E-state index contributed by atoms with van der Waals surface area (Å²) in [6, 6.07) is 0. The van der Waals surface area contributed by atoms with Crippen molar-refractivity contribution >= 4 is 0 Å². The van der Waals surface area contributed by atoms with Crippen LogP contribution in [0.15, 0.2) is 23.3 Å². The number of rotatable bonds is 5. The largest absolute Gasteiger partial charge is 0.368 e. The highest BCUT2D eigenvalue weighted by molar-refractivity contribution is 5.53. The van der Waals surface area contributed by atoms with Gasteiger partial charge in [0.05, 0.1) is 22.9 Å². The monoisotopic (exact) mass is 467 g/mol. The molecule has 3 spiro atoms. The molecule has 3 saturated heterocycles. The van der Waals surface area contributed by atoms with Crippen molar-refractivity contribution in [2.75, 3.05) is 13.6 Å². The molecule has 34 heavy (non-hydrogen) atoms. The Bertz CT molecular complexity index is 913. The summed E-state index contributed by atoms with van der Waals surface area (Å²) in [5.41, 5.74) is 5.87. The van der Waals surface area contributed by atoms with E-state index in [1.54, 1.807) is 11.1 Å². The standard InChI is InChI=1S/C30H49N3O/c1-7-20(2)9-12-26(5)10-8-11-29-24(26)16-23-22(4)17-27(13-14-28(23,29)33-29)19-30(31-6)25(34-27)15-21(3)18-32-30/h21,24-25,31-33H,2,7-19H2,1,3-6H3. The van der Waals surface area contributed by atoms with Gasteiger partial charge in [0.15, 0.2) is 0 Å². The van der Waals surface area contributed by atoms with E-state index in [4.69, 9.17) is 4.74 Å². The Hall–Kier alpha value is -0.680. The predicted octanol–water partition coefficient (Wildman–Crippen LogP) is 5.60. The fourth-order valence-electron chi connectivity index (χ4n) is 9.76. The van der Waals surface area contributed by atoms with Gasteiger partial charge >= 0.3 is 0 Å². The van der Waals surface area contributed by atoms with Crippen LogP contribution >= 0.6 is 0 Å². The Morgan fingerprint density at radius 3 is 2.82 bits per heavy atom. The van der Waals surface area contributed by atoms with E-state index in [0.29, 0.717) is 16.9 Å². The van der Waals surface area contributed by atoms with Crippen molar-refractivity contribution < 1.29 is 4.74 Å². The molecular weight excluding hydrogens is 418 g/mol. The maximum atomic E-state index is 7.09. The van der Waals surface area contributed by atoms with Crippen LogP contribution in [0.5, 0.6) is 0 Å². The number of likely N-dealkylation sites (N-methyl/N-ethyl adjacent to an activating group) is 1. The minimum absolute atomic E-state index is 0.0152. The number of allylic oxidation sites excluding steroid dienone is 1. The third-order valence-corrected chi connectivity index (χ3v) is 11.8. The molecule has 4 heteroatoms. The van der Waals surface area contributed by atoms with Crippen LogP contribution in [0.4, 0.5) is 0 Å². The molecule has 0 amide bonds. The highest BCUT2D eigenvalue weighted by atomic mass is 16.5. The van der Waals surface area contributed by atoms with Crippen molar-refractivity contribution in [1.82, 2.24) is 16.0 Å². The number of hydrogen-bond donors (Lipinski definition) is 3. The van der Waals surface area contributed by atoms with Crippen molar-refractivity contribution in [3.8, 4) is 0 Å². The molecule has 3 heterocycles. The first-order valence-electron chi connectivity index (χ1n) is 14.4. The van der Waals surface area contributed by atoms with Crippen LogP contribution in [0.1, 0.15) is 105 Å². The van der Waals surface area contributed by atoms with E-state index in [1.807, 2.05) is 0 Å². The fraction of sp³-hybridized carbons (Fsp3) is 0.867. The normalized spacial score (nSPS) is 51.5. The molecule has 5 fully saturated rings. The van der Waals surface area contributed by atoms with E-state index in [1.165, 1.54) is 63.4 Å².